The zero-order valence-electron chi connectivity index (χ0n) is 26.5. The third-order valence-electron chi connectivity index (χ3n) is 8.72. The molecule has 2 N–H and O–H groups in total. The Morgan fingerprint density at radius 1 is 1.07 bits per heavy atom. The predicted molar refractivity (Wildman–Crippen MR) is 168 cm³/mol. The van der Waals surface area contributed by atoms with Crippen molar-refractivity contribution < 1.29 is 14.3 Å². The van der Waals surface area contributed by atoms with Crippen molar-refractivity contribution in [2.75, 3.05) is 32.7 Å². The highest BCUT2D eigenvalue weighted by atomic mass is 16.5. The van der Waals surface area contributed by atoms with Gasteiger partial charge >= 0.3 is 0 Å². The third kappa shape index (κ3) is 9.42. The molecular formula is C34H54N4O3. The molecule has 4 unspecified atom stereocenters. The van der Waals surface area contributed by atoms with Gasteiger partial charge in [-0.2, -0.15) is 0 Å². The quantitative estimate of drug-likeness (QED) is 0.379. The Bertz CT molecular complexity index is 1070. The number of nitrogens with two attached hydrogens (primary N) is 1. The van der Waals surface area contributed by atoms with E-state index in [4.69, 9.17) is 10.5 Å². The number of benzene rings is 1. The average molecular weight is 567 g/mol. The molecule has 2 fully saturated rings. The van der Waals surface area contributed by atoms with E-state index in [1.54, 1.807) is 16.0 Å². The molecule has 41 heavy (non-hydrogen) atoms. The van der Waals surface area contributed by atoms with Gasteiger partial charge in [0.25, 0.3) is 5.91 Å². The number of aliphatic imine (C=N–C) groups is 1. The van der Waals surface area contributed by atoms with Crippen molar-refractivity contribution in [3.05, 3.63) is 46.7 Å². The maximum Gasteiger partial charge on any atom is 0.270 e. The molecule has 2 aliphatic carbocycles. The molecule has 1 heterocycles. The highest BCUT2D eigenvalue weighted by Crippen LogP contribution is 2.31. The molecule has 7 nitrogen and oxygen atoms in total. The Kier molecular flexibility index (Phi) is 12.9. The highest BCUT2D eigenvalue weighted by Gasteiger charge is 2.30. The van der Waals surface area contributed by atoms with Gasteiger partial charge in [0.1, 0.15) is 12.2 Å². The zero-order valence-corrected chi connectivity index (χ0v) is 26.5. The minimum atomic E-state index is -0.140. The van der Waals surface area contributed by atoms with E-state index in [-0.39, 0.29) is 36.3 Å². The molecule has 4 rings (SSSR count). The van der Waals surface area contributed by atoms with Crippen LogP contribution < -0.4 is 5.73 Å². The second-order valence-corrected chi connectivity index (χ2v) is 12.3. The predicted octanol–water partition coefficient (Wildman–Crippen LogP) is 5.87. The fraction of sp³-hybridized carbons (Fsp3) is 0.676. The summed E-state index contributed by atoms with van der Waals surface area (Å²) in [5, 5.41) is 0. The number of rotatable bonds is 9. The number of hydrogen-bond acceptors (Lipinski definition) is 5. The molecule has 0 bridgehead atoms. The van der Waals surface area contributed by atoms with Crippen LogP contribution in [0.4, 0.5) is 0 Å². The molecule has 0 radical (unpaired) electrons. The van der Waals surface area contributed by atoms with Crippen LogP contribution in [0.3, 0.4) is 0 Å². The first kappa shape index (κ1) is 32.8. The number of morpholine rings is 1. The van der Waals surface area contributed by atoms with Crippen molar-refractivity contribution in [1.82, 2.24) is 9.80 Å². The number of nitrogens with zero attached hydrogens (tertiary/aromatic N) is 3. The van der Waals surface area contributed by atoms with Gasteiger partial charge in [-0.15, -0.1) is 0 Å². The summed E-state index contributed by atoms with van der Waals surface area (Å²) in [6.07, 6.45) is 8.14. The lowest BCUT2D eigenvalue weighted by Gasteiger charge is -2.35. The Balaban J connectivity index is 0.000000382. The average Bonchev–Trinajstić information content (AvgIpc) is 3.59. The molecule has 1 aromatic carbocycles. The first-order valence-electron chi connectivity index (χ1n) is 16.0. The van der Waals surface area contributed by atoms with Gasteiger partial charge in [-0.05, 0) is 81.8 Å². The van der Waals surface area contributed by atoms with Crippen molar-refractivity contribution in [3.63, 3.8) is 0 Å². The number of hydrogen-bond donors (Lipinski definition) is 1. The molecule has 3 aliphatic rings. The monoisotopic (exact) mass is 566 g/mol. The lowest BCUT2D eigenvalue weighted by Crippen LogP contribution is -2.49. The standard InChI is InChI=1S/C24H42N4O3.C10H12/c1-6-12-27(13-11-17(3)7-2)22(29)14-26-21-10-8-9-20(21)23(25)24(30)28-15-18(4)31-19(5)16-28;1-8-6-7-9-4-2-3-5-10(8)9/h17-19H,6-16,25H2,1-5H3;2-5,8H,6-7H2,1H3/b23-20-,26-21?;. The summed E-state index contributed by atoms with van der Waals surface area (Å²) in [5.41, 5.74) is 11.4. The fourth-order valence-electron chi connectivity index (χ4n) is 6.08. The Labute approximate surface area is 248 Å². The lowest BCUT2D eigenvalue weighted by molar-refractivity contribution is -0.139. The smallest absolute Gasteiger partial charge is 0.270 e. The molecule has 0 spiro atoms. The van der Waals surface area contributed by atoms with Gasteiger partial charge in [-0.1, -0.05) is 58.4 Å². The summed E-state index contributed by atoms with van der Waals surface area (Å²) in [6, 6.07) is 8.78. The van der Waals surface area contributed by atoms with Crippen LogP contribution in [0.1, 0.15) is 104 Å². The summed E-state index contributed by atoms with van der Waals surface area (Å²) in [4.78, 5) is 34.1. The molecule has 1 saturated heterocycles. The molecule has 228 valence electrons. The molecule has 4 atom stereocenters. The molecule has 2 amide bonds. The molecule has 1 aliphatic heterocycles. The minimum absolute atomic E-state index is 0.000174. The SMILES string of the molecule is CC1CCc2ccccc21.CCCN(CCC(C)CC)C(=O)CN=C1CCC/C1=C(/N)C(=O)N1CC(C)OC(C)C1. The Morgan fingerprint density at radius 2 is 1.78 bits per heavy atom. The number of carbonyl (C=O) groups is 2. The molecule has 0 aromatic heterocycles. The fourth-order valence-corrected chi connectivity index (χ4v) is 6.08. The van der Waals surface area contributed by atoms with Crippen LogP contribution in [0.25, 0.3) is 0 Å². The van der Waals surface area contributed by atoms with E-state index in [1.807, 2.05) is 18.7 Å². The third-order valence-corrected chi connectivity index (χ3v) is 8.72. The van der Waals surface area contributed by atoms with Crippen molar-refractivity contribution in [1.29, 1.82) is 0 Å². The van der Waals surface area contributed by atoms with Gasteiger partial charge in [-0.25, -0.2) is 0 Å². The Hall–Kier alpha value is -2.67. The first-order valence-corrected chi connectivity index (χ1v) is 16.0. The molecule has 1 saturated carbocycles. The van der Waals surface area contributed by atoms with Gasteiger partial charge in [-0.3, -0.25) is 14.6 Å². The van der Waals surface area contributed by atoms with Crippen LogP contribution in [0.15, 0.2) is 40.5 Å². The second-order valence-electron chi connectivity index (χ2n) is 12.3. The number of amides is 2. The normalized spacial score (nSPS) is 24.9. The van der Waals surface area contributed by atoms with Crippen LogP contribution in [-0.4, -0.2) is 72.3 Å². The number of aryl methyl sites for hydroxylation is 1. The van der Waals surface area contributed by atoms with Gasteiger partial charge in [0.2, 0.25) is 5.91 Å². The molecular weight excluding hydrogens is 512 g/mol. The van der Waals surface area contributed by atoms with Crippen LogP contribution in [0.5, 0.6) is 0 Å². The van der Waals surface area contributed by atoms with E-state index in [0.717, 1.165) is 68.8 Å². The molecule has 1 aromatic rings. The van der Waals surface area contributed by atoms with Crippen molar-refractivity contribution in [3.8, 4) is 0 Å². The maximum absolute atomic E-state index is 13.0. The van der Waals surface area contributed by atoms with Gasteiger partial charge in [0, 0.05) is 37.5 Å². The number of allylic oxidation sites excluding steroid dienone is 1. The number of fused-ring (bicyclic) bond motifs is 1. The zero-order chi connectivity index (χ0) is 29.9. The van der Waals surface area contributed by atoms with E-state index >= 15 is 0 Å². The van der Waals surface area contributed by atoms with Gasteiger partial charge in [0.05, 0.1) is 12.2 Å². The maximum atomic E-state index is 13.0. The second kappa shape index (κ2) is 16.1. The largest absolute Gasteiger partial charge is 0.394 e. The number of ether oxygens (including phenoxy) is 1. The van der Waals surface area contributed by atoms with Crippen LogP contribution >= 0.6 is 0 Å². The summed E-state index contributed by atoms with van der Waals surface area (Å²) in [5.74, 6) is 1.33. The minimum Gasteiger partial charge on any atom is -0.394 e. The Morgan fingerprint density at radius 3 is 2.44 bits per heavy atom. The molecule has 7 heteroatoms. The van der Waals surface area contributed by atoms with E-state index in [9.17, 15) is 9.59 Å². The topological polar surface area (TPSA) is 88.2 Å². The van der Waals surface area contributed by atoms with E-state index in [2.05, 4.69) is 57.0 Å². The lowest BCUT2D eigenvalue weighted by atomic mass is 10.0. The van der Waals surface area contributed by atoms with Crippen molar-refractivity contribution in [2.24, 2.45) is 16.6 Å². The highest BCUT2D eigenvalue weighted by molar-refractivity contribution is 6.09. The van der Waals surface area contributed by atoms with E-state index in [1.165, 1.54) is 12.8 Å². The van der Waals surface area contributed by atoms with Gasteiger partial charge in [0.15, 0.2) is 0 Å². The summed E-state index contributed by atoms with van der Waals surface area (Å²) >= 11 is 0. The van der Waals surface area contributed by atoms with E-state index < -0.39 is 0 Å². The van der Waals surface area contributed by atoms with Crippen LogP contribution in [0.2, 0.25) is 0 Å². The summed E-state index contributed by atoms with van der Waals surface area (Å²) in [6.45, 7) is 15.5. The number of carbonyl (C=O) groups excluding carboxylic acids is 2. The van der Waals surface area contributed by atoms with Gasteiger partial charge < -0.3 is 20.3 Å². The summed E-state index contributed by atoms with van der Waals surface area (Å²) in [7, 11) is 0. The van der Waals surface area contributed by atoms with Crippen molar-refractivity contribution >= 4 is 17.5 Å². The van der Waals surface area contributed by atoms with Crippen LogP contribution in [-0.2, 0) is 20.7 Å². The summed E-state index contributed by atoms with van der Waals surface area (Å²) < 4.78 is 5.73. The van der Waals surface area contributed by atoms with E-state index in [0.29, 0.717) is 19.0 Å². The van der Waals surface area contributed by atoms with Crippen LogP contribution in [0, 0.1) is 5.92 Å². The van der Waals surface area contributed by atoms with Crippen molar-refractivity contribution in [2.45, 2.75) is 111 Å². The first-order chi connectivity index (χ1) is 19.6.